The summed E-state index contributed by atoms with van der Waals surface area (Å²) in [6.07, 6.45) is 1.00. The Hall–Kier alpha value is -1.07. The van der Waals surface area contributed by atoms with Gasteiger partial charge in [-0.15, -0.1) is 0 Å². The lowest BCUT2D eigenvalue weighted by Crippen LogP contribution is -2.37. The molecule has 1 aromatic carbocycles. The third-order valence-electron chi connectivity index (χ3n) is 2.49. The number of carbonyl (C=O) groups is 1. The summed E-state index contributed by atoms with van der Waals surface area (Å²) < 4.78 is 6.42. The van der Waals surface area contributed by atoms with Gasteiger partial charge in [-0.1, -0.05) is 22.9 Å². The second-order valence-electron chi connectivity index (χ2n) is 3.91. The monoisotopic (exact) mass is 315 g/mol. The standard InChI is InChI=1S/C13H18BrNO3/c1-2-11(9-16)15-13(17)7-8-18-12-5-3-10(14)4-6-12/h3-6,11,16H,2,7-9H2,1H3,(H,15,17)/t11-/m0/s1. The smallest absolute Gasteiger partial charge is 0.223 e. The van der Waals surface area contributed by atoms with Gasteiger partial charge < -0.3 is 15.2 Å². The first-order valence-electron chi connectivity index (χ1n) is 5.94. The van der Waals surface area contributed by atoms with Crippen LogP contribution < -0.4 is 10.1 Å². The highest BCUT2D eigenvalue weighted by Crippen LogP contribution is 2.16. The highest BCUT2D eigenvalue weighted by molar-refractivity contribution is 9.10. The minimum atomic E-state index is -0.162. The lowest BCUT2D eigenvalue weighted by molar-refractivity contribution is -0.122. The summed E-state index contributed by atoms with van der Waals surface area (Å²) >= 11 is 3.34. The zero-order valence-electron chi connectivity index (χ0n) is 10.4. The van der Waals surface area contributed by atoms with Gasteiger partial charge in [-0.05, 0) is 30.7 Å². The Morgan fingerprint density at radius 2 is 2.11 bits per heavy atom. The second kappa shape index (κ2) is 8.11. The van der Waals surface area contributed by atoms with Crippen LogP contribution in [0.2, 0.25) is 0 Å². The largest absolute Gasteiger partial charge is 0.493 e. The van der Waals surface area contributed by atoms with Crippen molar-refractivity contribution in [3.63, 3.8) is 0 Å². The van der Waals surface area contributed by atoms with Crippen molar-refractivity contribution < 1.29 is 14.6 Å². The molecule has 18 heavy (non-hydrogen) atoms. The first kappa shape index (κ1) is 15.0. The van der Waals surface area contributed by atoms with Crippen LogP contribution in [0.1, 0.15) is 19.8 Å². The summed E-state index contributed by atoms with van der Waals surface area (Å²) in [4.78, 5) is 11.5. The van der Waals surface area contributed by atoms with Crippen molar-refractivity contribution in [2.24, 2.45) is 0 Å². The van der Waals surface area contributed by atoms with E-state index in [2.05, 4.69) is 21.2 Å². The Morgan fingerprint density at radius 3 is 2.67 bits per heavy atom. The van der Waals surface area contributed by atoms with Gasteiger partial charge in [0.15, 0.2) is 0 Å². The van der Waals surface area contributed by atoms with Gasteiger partial charge in [0, 0.05) is 4.47 Å². The molecule has 0 heterocycles. The molecule has 5 heteroatoms. The number of aliphatic hydroxyl groups is 1. The molecule has 100 valence electrons. The molecule has 1 aromatic rings. The predicted octanol–water partition coefficient (Wildman–Crippen LogP) is 2.11. The summed E-state index contributed by atoms with van der Waals surface area (Å²) in [7, 11) is 0. The minimum absolute atomic E-state index is 0.0319. The molecule has 1 amide bonds. The molecule has 0 saturated carbocycles. The van der Waals surface area contributed by atoms with E-state index in [9.17, 15) is 4.79 Å². The zero-order valence-corrected chi connectivity index (χ0v) is 11.9. The van der Waals surface area contributed by atoms with Crippen LogP contribution >= 0.6 is 15.9 Å². The number of halogens is 1. The number of benzene rings is 1. The molecule has 0 fully saturated rings. The maximum Gasteiger partial charge on any atom is 0.223 e. The van der Waals surface area contributed by atoms with Crippen LogP contribution in [0.5, 0.6) is 5.75 Å². The van der Waals surface area contributed by atoms with Gasteiger partial charge in [0.25, 0.3) is 0 Å². The van der Waals surface area contributed by atoms with Crippen molar-refractivity contribution in [1.29, 1.82) is 0 Å². The van der Waals surface area contributed by atoms with Crippen LogP contribution in [0.3, 0.4) is 0 Å². The molecule has 0 radical (unpaired) electrons. The molecular weight excluding hydrogens is 298 g/mol. The zero-order chi connectivity index (χ0) is 13.4. The lowest BCUT2D eigenvalue weighted by atomic mass is 10.2. The third-order valence-corrected chi connectivity index (χ3v) is 3.02. The number of aliphatic hydroxyl groups excluding tert-OH is 1. The van der Waals surface area contributed by atoms with E-state index in [-0.39, 0.29) is 25.0 Å². The first-order valence-corrected chi connectivity index (χ1v) is 6.73. The molecular formula is C13H18BrNO3. The average Bonchev–Trinajstić information content (AvgIpc) is 2.38. The number of hydrogen-bond donors (Lipinski definition) is 2. The number of nitrogens with one attached hydrogen (secondary N) is 1. The van der Waals surface area contributed by atoms with Gasteiger partial charge >= 0.3 is 0 Å². The number of ether oxygens (including phenoxy) is 1. The van der Waals surface area contributed by atoms with Gasteiger partial charge in [-0.25, -0.2) is 0 Å². The molecule has 0 aliphatic carbocycles. The summed E-state index contributed by atoms with van der Waals surface area (Å²) in [6, 6.07) is 7.28. The molecule has 0 saturated heterocycles. The fourth-order valence-corrected chi connectivity index (χ4v) is 1.63. The Morgan fingerprint density at radius 1 is 1.44 bits per heavy atom. The SMILES string of the molecule is CC[C@@H](CO)NC(=O)CCOc1ccc(Br)cc1. The molecule has 0 aromatic heterocycles. The molecule has 0 spiro atoms. The van der Waals surface area contributed by atoms with Crippen LogP contribution in [0.4, 0.5) is 0 Å². The fraction of sp³-hybridized carbons (Fsp3) is 0.462. The maximum atomic E-state index is 11.5. The Balaban J connectivity index is 2.25. The number of amides is 1. The number of hydrogen-bond acceptors (Lipinski definition) is 3. The van der Waals surface area contributed by atoms with Crippen LogP contribution in [0, 0.1) is 0 Å². The maximum absolute atomic E-state index is 11.5. The van der Waals surface area contributed by atoms with Crippen LogP contribution in [0.15, 0.2) is 28.7 Å². The highest BCUT2D eigenvalue weighted by Gasteiger charge is 2.08. The molecule has 0 unspecified atom stereocenters. The van der Waals surface area contributed by atoms with Crippen LogP contribution in [-0.4, -0.2) is 30.3 Å². The van der Waals surface area contributed by atoms with Crippen molar-refractivity contribution in [3.8, 4) is 5.75 Å². The molecule has 0 aliphatic rings. The topological polar surface area (TPSA) is 58.6 Å². The van der Waals surface area contributed by atoms with Crippen LogP contribution in [0.25, 0.3) is 0 Å². The second-order valence-corrected chi connectivity index (χ2v) is 4.82. The van der Waals surface area contributed by atoms with E-state index < -0.39 is 0 Å². The van der Waals surface area contributed by atoms with Gasteiger partial charge in [-0.3, -0.25) is 4.79 Å². The highest BCUT2D eigenvalue weighted by atomic mass is 79.9. The summed E-state index contributed by atoms with van der Waals surface area (Å²) in [5, 5.41) is 11.7. The normalized spacial score (nSPS) is 11.9. The van der Waals surface area contributed by atoms with E-state index in [1.165, 1.54) is 0 Å². The summed E-state index contributed by atoms with van der Waals surface area (Å²) in [5.41, 5.74) is 0. The van der Waals surface area contributed by atoms with Gasteiger partial charge in [0.1, 0.15) is 5.75 Å². The first-order chi connectivity index (χ1) is 8.65. The molecule has 1 rings (SSSR count). The molecule has 4 nitrogen and oxygen atoms in total. The fourth-order valence-electron chi connectivity index (χ4n) is 1.37. The van der Waals surface area contributed by atoms with E-state index in [1.807, 2.05) is 31.2 Å². The third kappa shape index (κ3) is 5.51. The van der Waals surface area contributed by atoms with Crippen molar-refractivity contribution in [2.75, 3.05) is 13.2 Å². The molecule has 0 aliphatic heterocycles. The van der Waals surface area contributed by atoms with Gasteiger partial charge in [0.2, 0.25) is 5.91 Å². The Labute approximate surface area is 115 Å². The van der Waals surface area contributed by atoms with E-state index in [4.69, 9.17) is 9.84 Å². The van der Waals surface area contributed by atoms with E-state index in [0.29, 0.717) is 6.61 Å². The lowest BCUT2D eigenvalue weighted by Gasteiger charge is -2.14. The summed E-state index contributed by atoms with van der Waals surface area (Å²) in [5.74, 6) is 0.633. The predicted molar refractivity (Wildman–Crippen MR) is 73.6 cm³/mol. The average molecular weight is 316 g/mol. The van der Waals surface area contributed by atoms with E-state index >= 15 is 0 Å². The Kier molecular flexibility index (Phi) is 6.75. The van der Waals surface area contributed by atoms with Crippen molar-refractivity contribution >= 4 is 21.8 Å². The molecule has 2 N–H and O–H groups in total. The van der Waals surface area contributed by atoms with E-state index in [0.717, 1.165) is 16.6 Å². The number of rotatable bonds is 7. The van der Waals surface area contributed by atoms with Gasteiger partial charge in [0.05, 0.1) is 25.7 Å². The summed E-state index contributed by atoms with van der Waals surface area (Å²) in [6.45, 7) is 2.21. The molecule has 0 bridgehead atoms. The number of carbonyl (C=O) groups excluding carboxylic acids is 1. The molecule has 1 atom stereocenters. The minimum Gasteiger partial charge on any atom is -0.493 e. The van der Waals surface area contributed by atoms with Crippen molar-refractivity contribution in [3.05, 3.63) is 28.7 Å². The van der Waals surface area contributed by atoms with E-state index in [1.54, 1.807) is 0 Å². The van der Waals surface area contributed by atoms with Gasteiger partial charge in [-0.2, -0.15) is 0 Å². The Bertz CT molecular complexity index is 363. The van der Waals surface area contributed by atoms with Crippen molar-refractivity contribution in [2.45, 2.75) is 25.8 Å². The quantitative estimate of drug-likeness (QED) is 0.810. The van der Waals surface area contributed by atoms with Crippen LogP contribution in [-0.2, 0) is 4.79 Å². The van der Waals surface area contributed by atoms with Crippen molar-refractivity contribution in [1.82, 2.24) is 5.32 Å².